The van der Waals surface area contributed by atoms with Gasteiger partial charge in [-0.25, -0.2) is 18.4 Å². The van der Waals surface area contributed by atoms with Crippen LogP contribution in [0.4, 0.5) is 13.6 Å². The van der Waals surface area contributed by atoms with Crippen LogP contribution in [0.25, 0.3) is 11.1 Å². The molecule has 0 heterocycles. The average molecular weight is 454 g/mol. The van der Waals surface area contributed by atoms with Gasteiger partial charge in [-0.05, 0) is 22.3 Å². The number of hydrogen-bond acceptors (Lipinski definition) is 4. The Labute approximate surface area is 188 Å². The molecule has 2 atom stereocenters. The van der Waals surface area contributed by atoms with Crippen molar-refractivity contribution in [1.82, 2.24) is 10.6 Å². The fourth-order valence-electron chi connectivity index (χ4n) is 4.21. The second-order valence-corrected chi connectivity index (χ2v) is 7.79. The minimum Gasteiger partial charge on any atom is -0.472 e. The predicted molar refractivity (Wildman–Crippen MR) is 113 cm³/mol. The highest BCUT2D eigenvalue weighted by Gasteiger charge is 2.71. The van der Waals surface area contributed by atoms with Gasteiger partial charge in [-0.3, -0.25) is 4.79 Å². The minimum absolute atomic E-state index is 0.0487. The van der Waals surface area contributed by atoms with Gasteiger partial charge < -0.3 is 20.5 Å². The number of alkyl carbamates (subject to hydrolysis) is 1. The van der Waals surface area contributed by atoms with Crippen LogP contribution in [0.1, 0.15) is 17.0 Å². The number of alkyl halides is 2. The third kappa shape index (κ3) is 4.51. The molecular weight excluding hydrogens is 434 g/mol. The maximum atomic E-state index is 14.0. The molecule has 2 aliphatic rings. The monoisotopic (exact) mass is 454 g/mol. The molecule has 2 aliphatic carbocycles. The first kappa shape index (κ1) is 22.3. The second-order valence-electron chi connectivity index (χ2n) is 7.79. The van der Waals surface area contributed by atoms with Gasteiger partial charge in [-0.1, -0.05) is 54.5 Å². The van der Waals surface area contributed by atoms with Crippen molar-refractivity contribution in [2.45, 2.75) is 11.8 Å². The Bertz CT molecular complexity index is 1130. The number of amides is 2. The standard InChI is InChI=1S/C24H20F2N2O5/c25-24(26)19(21(24)22(31)27-11-5-10-20(29)30)12-28-23(32)33-13-18-16-8-3-1-6-14(16)15-7-2-4-9-17(15)18/h1-4,6-9,18-19,21H,11-13H2,(H,27,31)(H,28,32)(H,29,30)/t19-,21-/m0/s1. The summed E-state index contributed by atoms with van der Waals surface area (Å²) in [5.74, 6) is -4.84. The largest absolute Gasteiger partial charge is 0.472 e. The number of nitrogens with one attached hydrogen (secondary N) is 2. The van der Waals surface area contributed by atoms with Crippen molar-refractivity contribution < 1.29 is 33.0 Å². The molecule has 0 bridgehead atoms. The van der Waals surface area contributed by atoms with Gasteiger partial charge in [0.1, 0.15) is 12.5 Å². The fourth-order valence-corrected chi connectivity index (χ4v) is 4.21. The number of benzene rings is 2. The van der Waals surface area contributed by atoms with E-state index in [4.69, 9.17) is 9.84 Å². The zero-order chi connectivity index (χ0) is 23.6. The summed E-state index contributed by atoms with van der Waals surface area (Å²) in [6, 6.07) is 15.6. The zero-order valence-corrected chi connectivity index (χ0v) is 17.3. The number of carboxylic acids is 1. The molecule has 1 fully saturated rings. The summed E-state index contributed by atoms with van der Waals surface area (Å²) >= 11 is 0. The normalized spacial score (nSPS) is 19.3. The Hall–Kier alpha value is -3.93. The van der Waals surface area contributed by atoms with E-state index in [0.29, 0.717) is 0 Å². The summed E-state index contributed by atoms with van der Waals surface area (Å²) in [6.45, 7) is -0.736. The van der Waals surface area contributed by atoms with Crippen molar-refractivity contribution >= 4 is 18.0 Å². The molecule has 0 aliphatic heterocycles. The molecule has 2 aromatic rings. The average Bonchev–Trinajstić information content (AvgIpc) is 3.20. The smallest absolute Gasteiger partial charge is 0.407 e. The van der Waals surface area contributed by atoms with Gasteiger partial charge in [0.05, 0.1) is 12.5 Å². The first-order chi connectivity index (χ1) is 15.8. The topological polar surface area (TPSA) is 105 Å². The van der Waals surface area contributed by atoms with E-state index in [-0.39, 0.29) is 19.1 Å². The molecular formula is C24H20F2N2O5. The summed E-state index contributed by atoms with van der Waals surface area (Å²) in [4.78, 5) is 34.4. The van der Waals surface area contributed by atoms with Crippen LogP contribution in [0, 0.1) is 23.7 Å². The van der Waals surface area contributed by atoms with Crippen LogP contribution in [0.3, 0.4) is 0 Å². The lowest BCUT2D eigenvalue weighted by Gasteiger charge is -2.14. The van der Waals surface area contributed by atoms with Crippen LogP contribution in [-0.4, -0.2) is 48.7 Å². The van der Waals surface area contributed by atoms with E-state index < -0.39 is 42.3 Å². The number of carbonyl (C=O) groups is 3. The third-order valence-corrected chi connectivity index (χ3v) is 5.84. The van der Waals surface area contributed by atoms with Crippen LogP contribution >= 0.6 is 0 Å². The van der Waals surface area contributed by atoms with Gasteiger partial charge in [0.15, 0.2) is 0 Å². The predicted octanol–water partition coefficient (Wildman–Crippen LogP) is 2.61. The quantitative estimate of drug-likeness (QED) is 0.582. The van der Waals surface area contributed by atoms with E-state index in [1.54, 1.807) is 5.92 Å². The van der Waals surface area contributed by atoms with Crippen molar-refractivity contribution in [2.24, 2.45) is 11.8 Å². The molecule has 9 heteroatoms. The van der Waals surface area contributed by atoms with Gasteiger partial charge in [0.25, 0.3) is 5.92 Å². The highest BCUT2D eigenvalue weighted by atomic mass is 19.3. The van der Waals surface area contributed by atoms with Crippen LogP contribution in [0.15, 0.2) is 48.5 Å². The minimum atomic E-state index is -3.28. The first-order valence-electron chi connectivity index (χ1n) is 10.3. The van der Waals surface area contributed by atoms with Crippen molar-refractivity contribution in [2.75, 3.05) is 19.7 Å². The summed E-state index contributed by atoms with van der Waals surface area (Å²) in [5.41, 5.74) is 4.20. The molecule has 2 amide bonds. The molecule has 0 radical (unpaired) electrons. The van der Waals surface area contributed by atoms with Crippen molar-refractivity contribution in [1.29, 1.82) is 0 Å². The highest BCUT2D eigenvalue weighted by molar-refractivity contribution is 5.87. The zero-order valence-electron chi connectivity index (χ0n) is 17.3. The Kier molecular flexibility index (Phi) is 6.01. The lowest BCUT2D eigenvalue weighted by atomic mass is 9.98. The molecule has 0 saturated heterocycles. The molecule has 33 heavy (non-hydrogen) atoms. The SMILES string of the molecule is O=C(O)C#CCNC(=O)[C@@H]1[C@H](CNC(=O)OCC2c3ccccc3-c3ccccc32)C1(F)F. The number of fused-ring (bicyclic) bond motifs is 3. The molecule has 0 spiro atoms. The number of halogens is 2. The maximum absolute atomic E-state index is 14.0. The van der Waals surface area contributed by atoms with Gasteiger partial charge in [-0.2, -0.15) is 0 Å². The van der Waals surface area contributed by atoms with Gasteiger partial charge in [-0.15, -0.1) is 0 Å². The number of aliphatic carboxylic acids is 1. The van der Waals surface area contributed by atoms with Crippen molar-refractivity contribution in [3.8, 4) is 23.0 Å². The molecule has 3 N–H and O–H groups in total. The summed E-state index contributed by atoms with van der Waals surface area (Å²) in [6.07, 6.45) is -0.842. The lowest BCUT2D eigenvalue weighted by Crippen LogP contribution is -2.30. The second kappa shape index (κ2) is 8.90. The molecule has 4 rings (SSSR count). The lowest BCUT2D eigenvalue weighted by molar-refractivity contribution is -0.130. The molecule has 2 aromatic carbocycles. The summed E-state index contributed by atoms with van der Waals surface area (Å²) < 4.78 is 33.3. The highest BCUT2D eigenvalue weighted by Crippen LogP contribution is 2.55. The molecule has 0 unspecified atom stereocenters. The molecule has 170 valence electrons. The van der Waals surface area contributed by atoms with Crippen LogP contribution in [-0.2, 0) is 14.3 Å². The van der Waals surface area contributed by atoms with Crippen molar-refractivity contribution in [3.63, 3.8) is 0 Å². The van der Waals surface area contributed by atoms with Crippen molar-refractivity contribution in [3.05, 3.63) is 59.7 Å². The third-order valence-electron chi connectivity index (χ3n) is 5.84. The van der Waals surface area contributed by atoms with E-state index in [1.165, 1.54) is 0 Å². The van der Waals surface area contributed by atoms with E-state index in [2.05, 4.69) is 16.6 Å². The van der Waals surface area contributed by atoms with Gasteiger partial charge >= 0.3 is 12.1 Å². The molecule has 1 saturated carbocycles. The number of hydrogen-bond donors (Lipinski definition) is 3. The molecule has 7 nitrogen and oxygen atoms in total. The number of ether oxygens (including phenoxy) is 1. The van der Waals surface area contributed by atoms with E-state index in [1.807, 2.05) is 48.5 Å². The van der Waals surface area contributed by atoms with Crippen LogP contribution < -0.4 is 10.6 Å². The Morgan fingerprint density at radius 2 is 1.61 bits per heavy atom. The Balaban J connectivity index is 1.29. The fraction of sp³-hybridized carbons (Fsp3) is 0.292. The van der Waals surface area contributed by atoms with E-state index in [0.717, 1.165) is 22.3 Å². The Morgan fingerprint density at radius 1 is 1.00 bits per heavy atom. The van der Waals surface area contributed by atoms with Gasteiger partial charge in [0.2, 0.25) is 5.91 Å². The molecule has 0 aromatic heterocycles. The first-order valence-corrected chi connectivity index (χ1v) is 10.3. The van der Waals surface area contributed by atoms with E-state index in [9.17, 15) is 23.2 Å². The summed E-state index contributed by atoms with van der Waals surface area (Å²) in [5, 5.41) is 12.9. The van der Waals surface area contributed by atoms with Crippen LogP contribution in [0.5, 0.6) is 0 Å². The Morgan fingerprint density at radius 3 is 2.21 bits per heavy atom. The summed E-state index contributed by atoms with van der Waals surface area (Å²) in [7, 11) is 0. The number of carboxylic acid groups (broad SMARTS) is 1. The van der Waals surface area contributed by atoms with Crippen LogP contribution in [0.2, 0.25) is 0 Å². The number of carbonyl (C=O) groups excluding carboxylic acids is 2. The van der Waals surface area contributed by atoms with Gasteiger partial charge in [0, 0.05) is 18.4 Å². The van der Waals surface area contributed by atoms with E-state index >= 15 is 0 Å². The maximum Gasteiger partial charge on any atom is 0.407 e. The number of rotatable bonds is 6.